The van der Waals surface area contributed by atoms with Gasteiger partial charge in [0.2, 0.25) is 6.79 Å². The molecule has 0 saturated heterocycles. The number of urea groups is 1. The smallest absolute Gasteiger partial charge is 0.321 e. The summed E-state index contributed by atoms with van der Waals surface area (Å²) < 4.78 is 15.9. The number of amides is 2. The summed E-state index contributed by atoms with van der Waals surface area (Å²) in [4.78, 5) is 13.9. The summed E-state index contributed by atoms with van der Waals surface area (Å²) in [6.45, 7) is 4.49. The number of nitrogens with one attached hydrogen (secondary N) is 1. The number of carbonyl (C=O) groups is 1. The monoisotopic (exact) mass is 302 g/mol. The number of aryl methyl sites for hydroxylation is 2. The molecular weight excluding hydrogens is 284 g/mol. The number of nitrogens with zero attached hydrogens (tertiary/aromatic N) is 1. The van der Waals surface area contributed by atoms with Crippen molar-refractivity contribution in [1.29, 1.82) is 0 Å². The van der Waals surface area contributed by atoms with Crippen LogP contribution in [0.2, 0.25) is 0 Å². The fourth-order valence-corrected chi connectivity index (χ4v) is 2.29. The first-order valence-corrected chi connectivity index (χ1v) is 7.00. The molecule has 2 aromatic rings. The Kier molecular flexibility index (Phi) is 3.66. The van der Waals surface area contributed by atoms with Crippen LogP contribution in [0.4, 0.5) is 10.5 Å². The van der Waals surface area contributed by atoms with Crippen molar-refractivity contribution in [2.24, 2.45) is 0 Å². The summed E-state index contributed by atoms with van der Waals surface area (Å²) in [6.07, 6.45) is 1.62. The zero-order valence-corrected chi connectivity index (χ0v) is 12.8. The first kappa shape index (κ1) is 14.3. The van der Waals surface area contributed by atoms with Gasteiger partial charge in [0.05, 0.1) is 12.8 Å². The van der Waals surface area contributed by atoms with E-state index in [-0.39, 0.29) is 12.8 Å². The van der Waals surface area contributed by atoms with Crippen LogP contribution in [0.15, 0.2) is 28.9 Å². The van der Waals surface area contributed by atoms with E-state index in [2.05, 4.69) is 5.32 Å². The quantitative estimate of drug-likeness (QED) is 0.945. The third kappa shape index (κ3) is 2.72. The molecule has 0 spiro atoms. The normalized spacial score (nSPS) is 12.3. The van der Waals surface area contributed by atoms with Crippen LogP contribution in [-0.4, -0.2) is 24.8 Å². The molecule has 1 aromatic carbocycles. The molecule has 3 rings (SSSR count). The molecule has 2 amide bonds. The van der Waals surface area contributed by atoms with Gasteiger partial charge >= 0.3 is 6.03 Å². The lowest BCUT2D eigenvalue weighted by atomic mass is 10.2. The van der Waals surface area contributed by atoms with Gasteiger partial charge in [0.15, 0.2) is 11.5 Å². The molecule has 1 aromatic heterocycles. The Morgan fingerprint density at radius 1 is 1.27 bits per heavy atom. The molecule has 6 nitrogen and oxygen atoms in total. The van der Waals surface area contributed by atoms with Crippen LogP contribution in [0.3, 0.4) is 0 Å². The van der Waals surface area contributed by atoms with Gasteiger partial charge < -0.3 is 24.1 Å². The van der Waals surface area contributed by atoms with Crippen LogP contribution < -0.4 is 14.8 Å². The average molecular weight is 302 g/mol. The molecule has 22 heavy (non-hydrogen) atoms. The molecule has 6 heteroatoms. The number of hydrogen-bond acceptors (Lipinski definition) is 4. The summed E-state index contributed by atoms with van der Waals surface area (Å²) in [5.41, 5.74) is 2.62. The summed E-state index contributed by atoms with van der Waals surface area (Å²) in [6, 6.07) is 5.32. The van der Waals surface area contributed by atoms with Crippen molar-refractivity contribution in [3.63, 3.8) is 0 Å². The van der Waals surface area contributed by atoms with Crippen molar-refractivity contribution in [2.45, 2.75) is 20.4 Å². The minimum atomic E-state index is -0.192. The molecule has 0 aliphatic carbocycles. The number of carbonyl (C=O) groups excluding carboxylic acids is 1. The number of anilines is 1. The Morgan fingerprint density at radius 2 is 2.00 bits per heavy atom. The Balaban J connectivity index is 1.70. The van der Waals surface area contributed by atoms with E-state index in [0.717, 1.165) is 16.9 Å². The van der Waals surface area contributed by atoms with Crippen molar-refractivity contribution in [3.8, 4) is 11.5 Å². The zero-order chi connectivity index (χ0) is 15.7. The van der Waals surface area contributed by atoms with E-state index in [1.54, 1.807) is 24.3 Å². The van der Waals surface area contributed by atoms with Crippen molar-refractivity contribution in [3.05, 3.63) is 41.3 Å². The standard InChI is InChI=1S/C16H18N2O4/c1-10-6-14-15(22-9-21-14)7-13(10)17-16(19)18(3)8-12-4-5-20-11(12)2/h4-7H,8-9H2,1-3H3,(H,17,19). The summed E-state index contributed by atoms with van der Waals surface area (Å²) in [7, 11) is 1.74. The number of furan rings is 1. The molecule has 0 fully saturated rings. The highest BCUT2D eigenvalue weighted by atomic mass is 16.7. The molecular formula is C16H18N2O4. The summed E-state index contributed by atoms with van der Waals surface area (Å²) in [5.74, 6) is 2.17. The number of fused-ring (bicyclic) bond motifs is 1. The van der Waals surface area contributed by atoms with Gasteiger partial charge in [-0.15, -0.1) is 0 Å². The van der Waals surface area contributed by atoms with Gasteiger partial charge in [0.1, 0.15) is 5.76 Å². The first-order chi connectivity index (χ1) is 10.5. The largest absolute Gasteiger partial charge is 0.469 e. The minimum absolute atomic E-state index is 0.192. The lowest BCUT2D eigenvalue weighted by molar-refractivity contribution is 0.174. The molecule has 0 bridgehead atoms. The fraction of sp³-hybridized carbons (Fsp3) is 0.312. The molecule has 1 aliphatic rings. The van der Waals surface area contributed by atoms with Gasteiger partial charge in [-0.2, -0.15) is 0 Å². The van der Waals surface area contributed by atoms with Gasteiger partial charge in [0, 0.05) is 24.4 Å². The molecule has 1 aliphatic heterocycles. The zero-order valence-electron chi connectivity index (χ0n) is 12.8. The first-order valence-electron chi connectivity index (χ1n) is 7.00. The molecule has 2 heterocycles. The Labute approximate surface area is 128 Å². The highest BCUT2D eigenvalue weighted by molar-refractivity contribution is 5.90. The molecule has 0 unspecified atom stereocenters. The summed E-state index contributed by atoms with van der Waals surface area (Å²) in [5, 5.41) is 2.89. The second-order valence-corrected chi connectivity index (χ2v) is 5.31. The van der Waals surface area contributed by atoms with Gasteiger partial charge in [-0.25, -0.2) is 4.79 Å². The lowest BCUT2D eigenvalue weighted by Crippen LogP contribution is -2.31. The van der Waals surface area contributed by atoms with E-state index < -0.39 is 0 Å². The average Bonchev–Trinajstić information content (AvgIpc) is 3.08. The lowest BCUT2D eigenvalue weighted by Gasteiger charge is -2.18. The van der Waals surface area contributed by atoms with E-state index in [4.69, 9.17) is 13.9 Å². The van der Waals surface area contributed by atoms with Gasteiger partial charge in [-0.05, 0) is 31.5 Å². The van der Waals surface area contributed by atoms with Crippen LogP contribution >= 0.6 is 0 Å². The van der Waals surface area contributed by atoms with Crippen LogP contribution in [-0.2, 0) is 6.54 Å². The predicted octanol–water partition coefficient (Wildman–Crippen LogP) is 3.29. The Morgan fingerprint density at radius 3 is 2.68 bits per heavy atom. The molecule has 116 valence electrons. The van der Waals surface area contributed by atoms with Crippen molar-refractivity contribution in [1.82, 2.24) is 4.90 Å². The molecule has 0 atom stereocenters. The number of benzene rings is 1. The highest BCUT2D eigenvalue weighted by Gasteiger charge is 2.18. The van der Waals surface area contributed by atoms with Gasteiger partial charge in [0.25, 0.3) is 0 Å². The molecule has 0 saturated carbocycles. The van der Waals surface area contributed by atoms with Crippen molar-refractivity contribution >= 4 is 11.7 Å². The van der Waals surface area contributed by atoms with Gasteiger partial charge in [-0.3, -0.25) is 0 Å². The van der Waals surface area contributed by atoms with Crippen LogP contribution in [0.25, 0.3) is 0 Å². The third-order valence-corrected chi connectivity index (χ3v) is 3.68. The van der Waals surface area contributed by atoms with Crippen LogP contribution in [0, 0.1) is 13.8 Å². The Hall–Kier alpha value is -2.63. The van der Waals surface area contributed by atoms with Crippen LogP contribution in [0.1, 0.15) is 16.9 Å². The van der Waals surface area contributed by atoms with Crippen molar-refractivity contribution in [2.75, 3.05) is 19.2 Å². The number of ether oxygens (including phenoxy) is 2. The van der Waals surface area contributed by atoms with Gasteiger partial charge in [-0.1, -0.05) is 0 Å². The predicted molar refractivity (Wildman–Crippen MR) is 81.2 cm³/mol. The van der Waals surface area contributed by atoms with E-state index in [1.807, 2.05) is 26.0 Å². The maximum Gasteiger partial charge on any atom is 0.321 e. The van der Waals surface area contributed by atoms with Crippen molar-refractivity contribution < 1.29 is 18.7 Å². The van der Waals surface area contributed by atoms with E-state index in [9.17, 15) is 4.79 Å². The van der Waals surface area contributed by atoms with Crippen LogP contribution in [0.5, 0.6) is 11.5 Å². The molecule has 0 radical (unpaired) electrons. The highest BCUT2D eigenvalue weighted by Crippen LogP contribution is 2.36. The SMILES string of the molecule is Cc1cc2c(cc1NC(=O)N(C)Cc1ccoc1C)OCO2. The maximum absolute atomic E-state index is 12.3. The second kappa shape index (κ2) is 5.63. The van der Waals surface area contributed by atoms with E-state index in [1.165, 1.54) is 0 Å². The minimum Gasteiger partial charge on any atom is -0.469 e. The second-order valence-electron chi connectivity index (χ2n) is 5.31. The topological polar surface area (TPSA) is 63.9 Å². The molecule has 1 N–H and O–H groups in total. The fourth-order valence-electron chi connectivity index (χ4n) is 2.29. The summed E-state index contributed by atoms with van der Waals surface area (Å²) >= 11 is 0. The maximum atomic E-state index is 12.3. The van der Waals surface area contributed by atoms with E-state index in [0.29, 0.717) is 23.7 Å². The third-order valence-electron chi connectivity index (χ3n) is 3.68. The van der Waals surface area contributed by atoms with E-state index >= 15 is 0 Å². The Bertz CT molecular complexity index is 708. The number of rotatable bonds is 3. The number of hydrogen-bond donors (Lipinski definition) is 1.